The Morgan fingerprint density at radius 2 is 2.09 bits per heavy atom. The highest BCUT2D eigenvalue weighted by Crippen LogP contribution is 2.65. The molecule has 0 aliphatic heterocycles. The first-order chi connectivity index (χ1) is 5.03. The molecule has 1 nitrogen and oxygen atoms in total. The van der Waals surface area contributed by atoms with Crippen LogP contribution in [0.15, 0.2) is 12.2 Å². The van der Waals surface area contributed by atoms with Gasteiger partial charge in [-0.25, -0.2) is 0 Å². The van der Waals surface area contributed by atoms with Crippen molar-refractivity contribution in [3.63, 3.8) is 0 Å². The summed E-state index contributed by atoms with van der Waals surface area (Å²) in [6.45, 7) is 8.46. The van der Waals surface area contributed by atoms with Gasteiger partial charge in [0.15, 0.2) is 0 Å². The lowest BCUT2D eigenvalue weighted by atomic mass is 9.94. The van der Waals surface area contributed by atoms with Crippen molar-refractivity contribution in [2.45, 2.75) is 32.8 Å². The van der Waals surface area contributed by atoms with Crippen LogP contribution >= 0.6 is 0 Å². The van der Waals surface area contributed by atoms with Crippen LogP contribution < -0.4 is 0 Å². The fraction of sp³-hybridized carbons (Fsp3) is 0.800. The molecule has 0 aromatic rings. The van der Waals surface area contributed by atoms with E-state index in [1.165, 1.54) is 5.57 Å². The Labute approximate surface area is 68.1 Å². The smallest absolute Gasteiger partial charge is 0.0613 e. The Hall–Kier alpha value is -0.300. The molecule has 2 rings (SSSR count). The third-order valence-electron chi connectivity index (χ3n) is 3.56. The van der Waals surface area contributed by atoms with E-state index in [-0.39, 0.29) is 6.10 Å². The molecule has 3 atom stereocenters. The summed E-state index contributed by atoms with van der Waals surface area (Å²) >= 11 is 0. The molecule has 0 radical (unpaired) electrons. The molecule has 0 unspecified atom stereocenters. The lowest BCUT2D eigenvalue weighted by Gasteiger charge is -2.17. The van der Waals surface area contributed by atoms with E-state index in [1.807, 2.05) is 0 Å². The van der Waals surface area contributed by atoms with Crippen LogP contribution in [0.2, 0.25) is 0 Å². The van der Waals surface area contributed by atoms with Gasteiger partial charge in [-0.1, -0.05) is 26.0 Å². The van der Waals surface area contributed by atoms with Crippen molar-refractivity contribution in [1.82, 2.24) is 0 Å². The molecule has 1 N–H and O–H groups in total. The van der Waals surface area contributed by atoms with E-state index in [9.17, 15) is 5.11 Å². The molecule has 0 bridgehead atoms. The zero-order chi connectivity index (χ0) is 8.22. The van der Waals surface area contributed by atoms with Crippen molar-refractivity contribution in [3.8, 4) is 0 Å². The van der Waals surface area contributed by atoms with Crippen LogP contribution in [-0.2, 0) is 0 Å². The summed E-state index contributed by atoms with van der Waals surface area (Å²) in [6.07, 6.45) is 1.88. The Morgan fingerprint density at radius 1 is 1.45 bits per heavy atom. The van der Waals surface area contributed by atoms with Gasteiger partial charge in [-0.15, -0.1) is 0 Å². The minimum atomic E-state index is -0.101. The molecule has 0 aromatic heterocycles. The standard InChI is InChI=1S/C10H16O/c1-6-4-7-9(8(11)5-6)10(7,2)3/h7-9,11H,1,4-5H2,2-3H3/t7-,8-,9-/m1/s1. The fourth-order valence-corrected chi connectivity index (χ4v) is 2.76. The average molecular weight is 152 g/mol. The summed E-state index contributed by atoms with van der Waals surface area (Å²) in [4.78, 5) is 0. The van der Waals surface area contributed by atoms with E-state index in [4.69, 9.17) is 0 Å². The maximum atomic E-state index is 9.66. The lowest BCUT2D eigenvalue weighted by Crippen LogP contribution is -2.17. The van der Waals surface area contributed by atoms with Crippen LogP contribution in [0.5, 0.6) is 0 Å². The number of fused-ring (bicyclic) bond motifs is 1. The van der Waals surface area contributed by atoms with Crippen molar-refractivity contribution >= 4 is 0 Å². The molecule has 2 fully saturated rings. The van der Waals surface area contributed by atoms with Crippen molar-refractivity contribution in [2.24, 2.45) is 17.3 Å². The van der Waals surface area contributed by atoms with Gasteiger partial charge in [-0.2, -0.15) is 0 Å². The first-order valence-electron chi connectivity index (χ1n) is 4.38. The second kappa shape index (κ2) is 1.89. The quantitative estimate of drug-likeness (QED) is 0.526. The van der Waals surface area contributed by atoms with Crippen molar-refractivity contribution in [3.05, 3.63) is 12.2 Å². The van der Waals surface area contributed by atoms with Gasteiger partial charge in [-0.3, -0.25) is 0 Å². The summed E-state index contributed by atoms with van der Waals surface area (Å²) in [5.41, 5.74) is 1.63. The van der Waals surface area contributed by atoms with Crippen LogP contribution in [0, 0.1) is 17.3 Å². The summed E-state index contributed by atoms with van der Waals surface area (Å²) in [7, 11) is 0. The zero-order valence-corrected chi connectivity index (χ0v) is 7.30. The van der Waals surface area contributed by atoms with Crippen LogP contribution in [0.25, 0.3) is 0 Å². The van der Waals surface area contributed by atoms with Gasteiger partial charge in [-0.05, 0) is 30.1 Å². The molecule has 11 heavy (non-hydrogen) atoms. The third-order valence-corrected chi connectivity index (χ3v) is 3.56. The van der Waals surface area contributed by atoms with Gasteiger partial charge in [0.2, 0.25) is 0 Å². The summed E-state index contributed by atoms with van der Waals surface area (Å²) in [5, 5.41) is 9.66. The SMILES string of the molecule is C=C1C[C@@H](O)[C@H]2[C@@H](C1)C2(C)C. The van der Waals surface area contributed by atoms with Crippen LogP contribution in [0.4, 0.5) is 0 Å². The number of hydrogen-bond donors (Lipinski definition) is 1. The Balaban J connectivity index is 2.17. The van der Waals surface area contributed by atoms with Gasteiger partial charge >= 0.3 is 0 Å². The molecule has 2 aliphatic carbocycles. The van der Waals surface area contributed by atoms with Crippen LogP contribution in [0.3, 0.4) is 0 Å². The van der Waals surface area contributed by atoms with Crippen LogP contribution in [-0.4, -0.2) is 11.2 Å². The molecular formula is C10H16O. The van der Waals surface area contributed by atoms with E-state index >= 15 is 0 Å². The highest BCUT2D eigenvalue weighted by molar-refractivity contribution is 5.19. The summed E-state index contributed by atoms with van der Waals surface area (Å²) < 4.78 is 0. The van der Waals surface area contributed by atoms with E-state index in [0.29, 0.717) is 11.3 Å². The predicted octanol–water partition coefficient (Wildman–Crippen LogP) is 1.97. The Kier molecular flexibility index (Phi) is 1.26. The van der Waals surface area contributed by atoms with Gasteiger partial charge in [0.25, 0.3) is 0 Å². The molecule has 1 heteroatoms. The average Bonchev–Trinajstić information content (AvgIpc) is 2.34. The van der Waals surface area contributed by atoms with E-state index in [0.717, 1.165) is 18.8 Å². The molecule has 0 amide bonds. The van der Waals surface area contributed by atoms with Crippen molar-refractivity contribution in [1.29, 1.82) is 0 Å². The van der Waals surface area contributed by atoms with E-state index < -0.39 is 0 Å². The second-order valence-electron chi connectivity index (χ2n) is 4.68. The summed E-state index contributed by atoms with van der Waals surface area (Å²) in [6, 6.07) is 0. The number of rotatable bonds is 0. The Morgan fingerprint density at radius 3 is 2.64 bits per heavy atom. The summed E-state index contributed by atoms with van der Waals surface area (Å²) in [5.74, 6) is 1.28. The number of aliphatic hydroxyl groups excluding tert-OH is 1. The number of hydrogen-bond acceptors (Lipinski definition) is 1. The van der Waals surface area contributed by atoms with E-state index in [1.54, 1.807) is 0 Å². The monoisotopic (exact) mass is 152 g/mol. The molecule has 2 aliphatic rings. The minimum absolute atomic E-state index is 0.101. The van der Waals surface area contributed by atoms with Gasteiger partial charge in [0, 0.05) is 0 Å². The first-order valence-corrected chi connectivity index (χ1v) is 4.38. The maximum absolute atomic E-state index is 9.66. The topological polar surface area (TPSA) is 20.2 Å². The molecule has 0 spiro atoms. The zero-order valence-electron chi connectivity index (χ0n) is 7.30. The first kappa shape index (κ1) is 7.35. The molecule has 0 aromatic carbocycles. The van der Waals surface area contributed by atoms with Crippen molar-refractivity contribution < 1.29 is 5.11 Å². The molecule has 0 heterocycles. The fourth-order valence-electron chi connectivity index (χ4n) is 2.76. The van der Waals surface area contributed by atoms with Gasteiger partial charge < -0.3 is 5.11 Å². The molecule has 2 saturated carbocycles. The van der Waals surface area contributed by atoms with Crippen molar-refractivity contribution in [2.75, 3.05) is 0 Å². The maximum Gasteiger partial charge on any atom is 0.0613 e. The highest BCUT2D eigenvalue weighted by atomic mass is 16.3. The number of aliphatic hydroxyl groups is 1. The van der Waals surface area contributed by atoms with Crippen LogP contribution in [0.1, 0.15) is 26.7 Å². The molecular weight excluding hydrogens is 136 g/mol. The lowest BCUT2D eigenvalue weighted by molar-refractivity contribution is 0.126. The minimum Gasteiger partial charge on any atom is -0.392 e. The molecule has 0 saturated heterocycles. The largest absolute Gasteiger partial charge is 0.392 e. The normalized spacial score (nSPS) is 46.8. The van der Waals surface area contributed by atoms with Gasteiger partial charge in [0.1, 0.15) is 0 Å². The predicted molar refractivity (Wildman–Crippen MR) is 45.1 cm³/mol. The second-order valence-corrected chi connectivity index (χ2v) is 4.68. The van der Waals surface area contributed by atoms with E-state index in [2.05, 4.69) is 20.4 Å². The van der Waals surface area contributed by atoms with Gasteiger partial charge in [0.05, 0.1) is 6.10 Å². The highest BCUT2D eigenvalue weighted by Gasteiger charge is 2.62. The molecule has 62 valence electrons. The third kappa shape index (κ3) is 0.871. The Bertz CT molecular complexity index is 205.